The van der Waals surface area contributed by atoms with E-state index in [0.29, 0.717) is 29.9 Å². The second kappa shape index (κ2) is 13.0. The number of carbonyl (C=O) groups excluding carboxylic acids is 3. The number of carbonyl (C=O) groups is 3. The van der Waals surface area contributed by atoms with Gasteiger partial charge in [0.05, 0.1) is 11.3 Å². The highest BCUT2D eigenvalue weighted by molar-refractivity contribution is 7.99. The number of likely N-dealkylation sites (N-methyl/N-ethyl adjacent to an activating group) is 1. The SMILES string of the molecule is C/C(=N/c1cccc(SCCc2ccc(CN3CCCCC3)cc2)c1C=O)N(C)C1CCC(=O)NC1=O. The van der Waals surface area contributed by atoms with E-state index in [1.54, 1.807) is 23.7 Å². The fourth-order valence-corrected chi connectivity index (χ4v) is 5.91. The summed E-state index contributed by atoms with van der Waals surface area (Å²) in [4.78, 5) is 45.6. The molecule has 2 saturated heterocycles. The lowest BCUT2D eigenvalue weighted by molar-refractivity contribution is -0.136. The first-order valence-corrected chi connectivity index (χ1v) is 14.1. The molecule has 0 spiro atoms. The van der Waals surface area contributed by atoms with Crippen LogP contribution >= 0.6 is 11.8 Å². The van der Waals surface area contributed by atoms with Crippen LogP contribution in [0.3, 0.4) is 0 Å². The number of amides is 2. The van der Waals surface area contributed by atoms with E-state index in [-0.39, 0.29) is 11.8 Å². The summed E-state index contributed by atoms with van der Waals surface area (Å²) in [6.07, 6.45) is 6.49. The average Bonchev–Trinajstić information content (AvgIpc) is 2.90. The molecule has 2 aliphatic heterocycles. The molecule has 2 aromatic carbocycles. The minimum atomic E-state index is -0.454. The molecule has 8 heteroatoms. The molecule has 0 radical (unpaired) electrons. The standard InChI is InChI=1S/C29H36N4O3S/c1-21(32(2)26-13-14-28(35)31-29(26)36)30-25-7-6-8-27(24(25)20-34)37-18-15-22-9-11-23(12-10-22)19-33-16-4-3-5-17-33/h6-12,20,26H,3-5,13-19H2,1-2H3,(H,31,35,36)/b30-21-. The first-order chi connectivity index (χ1) is 17.9. The molecule has 2 aliphatic rings. The Morgan fingerprint density at radius 3 is 2.54 bits per heavy atom. The number of hydrogen-bond donors (Lipinski definition) is 1. The summed E-state index contributed by atoms with van der Waals surface area (Å²) in [5, 5.41) is 2.38. The number of nitrogens with zero attached hydrogens (tertiary/aromatic N) is 3. The summed E-state index contributed by atoms with van der Waals surface area (Å²) in [6, 6.07) is 14.1. The van der Waals surface area contributed by atoms with Crippen LogP contribution in [0.2, 0.25) is 0 Å². The number of aldehydes is 1. The van der Waals surface area contributed by atoms with Gasteiger partial charge in [0.25, 0.3) is 0 Å². The summed E-state index contributed by atoms with van der Waals surface area (Å²) >= 11 is 1.65. The van der Waals surface area contributed by atoms with Gasteiger partial charge in [-0.1, -0.05) is 36.8 Å². The van der Waals surface area contributed by atoms with E-state index < -0.39 is 6.04 Å². The zero-order chi connectivity index (χ0) is 26.2. The third-order valence-corrected chi connectivity index (χ3v) is 8.23. The van der Waals surface area contributed by atoms with Gasteiger partial charge in [0.2, 0.25) is 11.8 Å². The maximum atomic E-state index is 12.2. The molecule has 7 nitrogen and oxygen atoms in total. The third kappa shape index (κ3) is 7.29. The van der Waals surface area contributed by atoms with Crippen LogP contribution in [0, 0.1) is 0 Å². The number of piperidine rings is 2. The minimum absolute atomic E-state index is 0.245. The summed E-state index contributed by atoms with van der Waals surface area (Å²) in [6.45, 7) is 5.25. The number of aryl methyl sites for hydroxylation is 1. The van der Waals surface area contributed by atoms with Crippen molar-refractivity contribution >= 4 is 41.4 Å². The Morgan fingerprint density at radius 2 is 1.84 bits per heavy atom. The van der Waals surface area contributed by atoms with Crippen LogP contribution in [0.5, 0.6) is 0 Å². The maximum Gasteiger partial charge on any atom is 0.249 e. The quantitative estimate of drug-likeness (QED) is 0.171. The number of likely N-dealkylation sites (tertiary alicyclic amines) is 1. The summed E-state index contributed by atoms with van der Waals surface area (Å²) in [7, 11) is 1.79. The van der Waals surface area contributed by atoms with Gasteiger partial charge in [0, 0.05) is 30.7 Å². The van der Waals surface area contributed by atoms with Crippen molar-refractivity contribution in [1.82, 2.24) is 15.1 Å². The maximum absolute atomic E-state index is 12.2. The van der Waals surface area contributed by atoms with Crippen LogP contribution in [0.4, 0.5) is 5.69 Å². The number of imide groups is 1. The Bertz CT molecular complexity index is 1140. The summed E-state index contributed by atoms with van der Waals surface area (Å²) in [5.74, 6) is 0.914. The van der Waals surface area contributed by atoms with Crippen molar-refractivity contribution in [2.24, 2.45) is 4.99 Å². The number of aliphatic imine (C=N–C) groups is 1. The van der Waals surface area contributed by atoms with Gasteiger partial charge in [-0.15, -0.1) is 11.8 Å². The Labute approximate surface area is 223 Å². The molecule has 2 heterocycles. The van der Waals surface area contributed by atoms with Crippen molar-refractivity contribution in [2.75, 3.05) is 25.9 Å². The lowest BCUT2D eigenvalue weighted by Gasteiger charge is -2.31. The Hall–Kier alpha value is -2.97. The monoisotopic (exact) mass is 520 g/mol. The number of hydrogen-bond acceptors (Lipinski definition) is 6. The molecule has 0 aromatic heterocycles. The largest absolute Gasteiger partial charge is 0.351 e. The lowest BCUT2D eigenvalue weighted by atomic mass is 10.0. The number of amidine groups is 1. The predicted molar refractivity (Wildman–Crippen MR) is 149 cm³/mol. The van der Waals surface area contributed by atoms with Gasteiger partial charge in [0.15, 0.2) is 6.29 Å². The fraction of sp³-hybridized carbons (Fsp3) is 0.448. The van der Waals surface area contributed by atoms with Crippen LogP contribution in [-0.4, -0.2) is 65.7 Å². The van der Waals surface area contributed by atoms with Gasteiger partial charge in [-0.2, -0.15) is 0 Å². The second-order valence-electron chi connectivity index (χ2n) is 9.80. The third-order valence-electron chi connectivity index (χ3n) is 7.16. The first-order valence-electron chi connectivity index (χ1n) is 13.1. The molecule has 0 bridgehead atoms. The molecule has 1 N–H and O–H groups in total. The van der Waals surface area contributed by atoms with Crippen LogP contribution in [-0.2, 0) is 22.6 Å². The molecular formula is C29H36N4O3S. The molecule has 1 unspecified atom stereocenters. The van der Waals surface area contributed by atoms with Gasteiger partial charge in [0.1, 0.15) is 11.9 Å². The van der Waals surface area contributed by atoms with E-state index in [0.717, 1.165) is 29.9 Å². The number of rotatable bonds is 9. The van der Waals surface area contributed by atoms with E-state index in [1.807, 2.05) is 25.1 Å². The fourth-order valence-electron chi connectivity index (χ4n) is 4.87. The zero-order valence-electron chi connectivity index (χ0n) is 21.7. The summed E-state index contributed by atoms with van der Waals surface area (Å²) < 4.78 is 0. The lowest BCUT2D eigenvalue weighted by Crippen LogP contribution is -2.52. The topological polar surface area (TPSA) is 82.1 Å². The molecule has 2 amide bonds. The molecule has 2 fully saturated rings. The average molecular weight is 521 g/mol. The van der Waals surface area contributed by atoms with Crippen LogP contribution in [0.15, 0.2) is 52.4 Å². The Balaban J connectivity index is 1.35. The van der Waals surface area contributed by atoms with Crippen LogP contribution < -0.4 is 5.32 Å². The number of nitrogens with one attached hydrogen (secondary N) is 1. The van der Waals surface area contributed by atoms with Crippen molar-refractivity contribution in [1.29, 1.82) is 0 Å². The smallest absolute Gasteiger partial charge is 0.249 e. The van der Waals surface area contributed by atoms with Crippen molar-refractivity contribution < 1.29 is 14.4 Å². The molecule has 2 aromatic rings. The molecule has 1 atom stereocenters. The molecule has 196 valence electrons. The molecule has 37 heavy (non-hydrogen) atoms. The van der Waals surface area contributed by atoms with E-state index in [4.69, 9.17) is 0 Å². The van der Waals surface area contributed by atoms with Crippen molar-refractivity contribution in [3.63, 3.8) is 0 Å². The van der Waals surface area contributed by atoms with Crippen LogP contribution in [0.25, 0.3) is 0 Å². The molecule has 0 aliphatic carbocycles. The van der Waals surface area contributed by atoms with Crippen LogP contribution in [0.1, 0.15) is 60.5 Å². The summed E-state index contributed by atoms with van der Waals surface area (Å²) in [5.41, 5.74) is 3.79. The van der Waals surface area contributed by atoms with Gasteiger partial charge < -0.3 is 4.90 Å². The molecule has 4 rings (SSSR count). The highest BCUT2D eigenvalue weighted by Crippen LogP contribution is 2.30. The highest BCUT2D eigenvalue weighted by Gasteiger charge is 2.30. The highest BCUT2D eigenvalue weighted by atomic mass is 32.2. The van der Waals surface area contributed by atoms with Gasteiger partial charge >= 0.3 is 0 Å². The second-order valence-corrected chi connectivity index (χ2v) is 10.9. The minimum Gasteiger partial charge on any atom is -0.351 e. The van der Waals surface area contributed by atoms with E-state index >= 15 is 0 Å². The van der Waals surface area contributed by atoms with E-state index in [9.17, 15) is 14.4 Å². The van der Waals surface area contributed by atoms with E-state index in [2.05, 4.69) is 39.5 Å². The van der Waals surface area contributed by atoms with Gasteiger partial charge in [-0.3, -0.25) is 24.6 Å². The predicted octanol–water partition coefficient (Wildman–Crippen LogP) is 4.61. The van der Waals surface area contributed by atoms with Crippen molar-refractivity contribution in [3.05, 3.63) is 59.2 Å². The molecule has 0 saturated carbocycles. The van der Waals surface area contributed by atoms with Crippen molar-refractivity contribution in [3.8, 4) is 0 Å². The first kappa shape index (κ1) is 27.1. The number of benzene rings is 2. The Morgan fingerprint density at radius 1 is 1.11 bits per heavy atom. The molecular weight excluding hydrogens is 484 g/mol. The Kier molecular flexibility index (Phi) is 9.52. The van der Waals surface area contributed by atoms with E-state index in [1.165, 1.54) is 43.5 Å². The number of thioether (sulfide) groups is 1. The van der Waals surface area contributed by atoms with Crippen molar-refractivity contribution in [2.45, 2.75) is 62.9 Å². The van der Waals surface area contributed by atoms with Gasteiger partial charge in [-0.25, -0.2) is 4.99 Å². The zero-order valence-corrected chi connectivity index (χ0v) is 22.6. The normalized spacial score (nSPS) is 19.0. The van der Waals surface area contributed by atoms with Gasteiger partial charge in [-0.05, 0) is 69.0 Å².